The maximum absolute atomic E-state index is 14.3. The molecule has 0 saturated heterocycles. The summed E-state index contributed by atoms with van der Waals surface area (Å²) in [6, 6.07) is 11.6. The molecule has 0 unspecified atom stereocenters. The minimum atomic E-state index is -3.43. The normalized spacial score (nSPS) is 11.8. The fourth-order valence-corrected chi connectivity index (χ4v) is 4.44. The van der Waals surface area contributed by atoms with E-state index in [1.54, 1.807) is 24.3 Å². The van der Waals surface area contributed by atoms with Crippen LogP contribution in [0.4, 0.5) is 19.0 Å². The first-order chi connectivity index (χ1) is 17.1. The second-order valence-electron chi connectivity index (χ2n) is 8.00. The van der Waals surface area contributed by atoms with Crippen LogP contribution in [0.5, 0.6) is 0 Å². The highest BCUT2D eigenvalue weighted by atomic mass is 32.2. The van der Waals surface area contributed by atoms with Crippen LogP contribution < -0.4 is 5.73 Å². The van der Waals surface area contributed by atoms with Crippen molar-refractivity contribution in [1.29, 1.82) is 0 Å². The van der Waals surface area contributed by atoms with Gasteiger partial charge in [0.05, 0.1) is 10.4 Å². The average Bonchev–Trinajstić information content (AvgIpc) is 3.22. The molecule has 0 bridgehead atoms. The Balaban J connectivity index is 1.57. The topological polar surface area (TPSA) is 116 Å². The van der Waals surface area contributed by atoms with Gasteiger partial charge in [0, 0.05) is 30.6 Å². The van der Waals surface area contributed by atoms with Gasteiger partial charge in [0.2, 0.25) is 0 Å². The molecule has 0 fully saturated rings. The van der Waals surface area contributed by atoms with Crippen LogP contribution in [-0.2, 0) is 16.3 Å². The lowest BCUT2D eigenvalue weighted by Crippen LogP contribution is -2.03. The van der Waals surface area contributed by atoms with Crippen molar-refractivity contribution in [2.24, 2.45) is 0 Å². The maximum Gasteiger partial charge on any atom is 0.194 e. The molecule has 3 aromatic heterocycles. The number of halogens is 3. The largest absolute Gasteiger partial charge is 0.383 e. The fourth-order valence-electron chi connectivity index (χ4n) is 3.77. The quantitative estimate of drug-likeness (QED) is 0.357. The minimum Gasteiger partial charge on any atom is -0.383 e. The number of benzene rings is 2. The van der Waals surface area contributed by atoms with Crippen molar-refractivity contribution in [1.82, 2.24) is 24.6 Å². The van der Waals surface area contributed by atoms with E-state index in [9.17, 15) is 21.6 Å². The first-order valence-electron chi connectivity index (χ1n) is 10.5. The van der Waals surface area contributed by atoms with Gasteiger partial charge in [-0.1, -0.05) is 18.2 Å². The maximum atomic E-state index is 14.3. The standard InChI is InChI=1S/C24H17F3N6O2S/c1-36(34,35)15-5-2-4-13(10-15)16-12-29-24(32-23(16)28)22-18-6-3-9-30-33(18)19(31-22)11-14-7-8-17(25)21(27)20(14)26/h2-10,12H,11H2,1H3,(H2,28,29,32). The molecular formula is C24H17F3N6O2S. The van der Waals surface area contributed by atoms with Gasteiger partial charge in [-0.15, -0.1) is 0 Å². The molecule has 12 heteroatoms. The summed E-state index contributed by atoms with van der Waals surface area (Å²) in [6.07, 6.45) is 3.88. The van der Waals surface area contributed by atoms with Crippen molar-refractivity contribution >= 4 is 21.2 Å². The van der Waals surface area contributed by atoms with Gasteiger partial charge in [-0.2, -0.15) is 5.10 Å². The molecule has 36 heavy (non-hydrogen) atoms. The first kappa shape index (κ1) is 23.4. The Hall–Kier alpha value is -4.32. The van der Waals surface area contributed by atoms with Crippen LogP contribution in [0.25, 0.3) is 28.2 Å². The Morgan fingerprint density at radius 2 is 1.81 bits per heavy atom. The van der Waals surface area contributed by atoms with E-state index in [4.69, 9.17) is 5.73 Å². The van der Waals surface area contributed by atoms with Crippen molar-refractivity contribution in [3.63, 3.8) is 0 Å². The highest BCUT2D eigenvalue weighted by Gasteiger charge is 2.20. The van der Waals surface area contributed by atoms with Gasteiger partial charge < -0.3 is 5.73 Å². The van der Waals surface area contributed by atoms with Gasteiger partial charge in [0.1, 0.15) is 17.3 Å². The molecule has 0 aliphatic carbocycles. The Labute approximate surface area is 203 Å². The average molecular weight is 511 g/mol. The molecule has 3 heterocycles. The summed E-state index contributed by atoms with van der Waals surface area (Å²) < 4.78 is 66.6. The SMILES string of the molecule is CS(=O)(=O)c1cccc(-c2cnc(-c3nc(Cc4ccc(F)c(F)c4F)n4ncccc34)nc2N)c1. The number of hydrogen-bond donors (Lipinski definition) is 1. The van der Waals surface area contributed by atoms with Crippen LogP contribution in [0.1, 0.15) is 11.4 Å². The molecule has 0 aliphatic rings. The molecule has 0 saturated carbocycles. The molecule has 2 aromatic carbocycles. The minimum absolute atomic E-state index is 0.0869. The zero-order chi connectivity index (χ0) is 25.6. The van der Waals surface area contributed by atoms with Crippen LogP contribution in [0.3, 0.4) is 0 Å². The molecule has 5 aromatic rings. The van der Waals surface area contributed by atoms with Crippen LogP contribution >= 0.6 is 0 Å². The predicted molar refractivity (Wildman–Crippen MR) is 126 cm³/mol. The monoisotopic (exact) mass is 510 g/mol. The lowest BCUT2D eigenvalue weighted by atomic mass is 10.1. The van der Waals surface area contributed by atoms with Gasteiger partial charge in [-0.05, 0) is 41.5 Å². The predicted octanol–water partition coefficient (Wildman–Crippen LogP) is 3.85. The number of nitrogens with two attached hydrogens (primary N) is 1. The second kappa shape index (κ2) is 8.72. The van der Waals surface area contributed by atoms with E-state index >= 15 is 0 Å². The third-order valence-electron chi connectivity index (χ3n) is 5.55. The molecule has 0 radical (unpaired) electrons. The Morgan fingerprint density at radius 3 is 2.56 bits per heavy atom. The highest BCUT2D eigenvalue weighted by molar-refractivity contribution is 7.90. The zero-order valence-corrected chi connectivity index (χ0v) is 19.5. The summed E-state index contributed by atoms with van der Waals surface area (Å²) in [5, 5.41) is 4.23. The third kappa shape index (κ3) is 4.15. The van der Waals surface area contributed by atoms with E-state index in [0.717, 1.165) is 18.4 Å². The second-order valence-corrected chi connectivity index (χ2v) is 10.0. The molecule has 0 atom stereocenters. The molecule has 0 spiro atoms. The van der Waals surface area contributed by atoms with Gasteiger partial charge in [0.15, 0.2) is 33.1 Å². The highest BCUT2D eigenvalue weighted by Crippen LogP contribution is 2.30. The van der Waals surface area contributed by atoms with Crippen molar-refractivity contribution < 1.29 is 21.6 Å². The zero-order valence-electron chi connectivity index (χ0n) is 18.7. The smallest absolute Gasteiger partial charge is 0.194 e. The number of nitrogens with zero attached hydrogens (tertiary/aromatic N) is 5. The van der Waals surface area contributed by atoms with Gasteiger partial charge in [0.25, 0.3) is 0 Å². The van der Waals surface area contributed by atoms with Crippen LogP contribution in [-0.4, -0.2) is 39.2 Å². The number of fused-ring (bicyclic) bond motifs is 1. The number of rotatable bonds is 5. The summed E-state index contributed by atoms with van der Waals surface area (Å²) in [7, 11) is -3.43. The van der Waals surface area contributed by atoms with Crippen molar-refractivity contribution in [3.05, 3.63) is 89.8 Å². The Kier molecular flexibility index (Phi) is 5.67. The fraction of sp³-hybridized carbons (Fsp3) is 0.0833. The van der Waals surface area contributed by atoms with Crippen molar-refractivity contribution in [3.8, 4) is 22.6 Å². The number of sulfone groups is 1. The Morgan fingerprint density at radius 1 is 1.00 bits per heavy atom. The first-order valence-corrected chi connectivity index (χ1v) is 12.4. The molecule has 0 aliphatic heterocycles. The van der Waals surface area contributed by atoms with Crippen LogP contribution in [0.15, 0.2) is 65.8 Å². The van der Waals surface area contributed by atoms with E-state index in [2.05, 4.69) is 20.1 Å². The number of hydrogen-bond acceptors (Lipinski definition) is 7. The van der Waals surface area contributed by atoms with E-state index in [0.29, 0.717) is 22.3 Å². The number of aromatic nitrogens is 5. The van der Waals surface area contributed by atoms with Gasteiger partial charge in [-0.3, -0.25) is 0 Å². The lowest BCUT2D eigenvalue weighted by Gasteiger charge is -2.08. The molecule has 8 nitrogen and oxygen atoms in total. The van der Waals surface area contributed by atoms with Crippen molar-refractivity contribution in [2.75, 3.05) is 12.0 Å². The lowest BCUT2D eigenvalue weighted by molar-refractivity contribution is 0.441. The van der Waals surface area contributed by atoms with Crippen LogP contribution in [0, 0.1) is 17.5 Å². The van der Waals surface area contributed by atoms with Gasteiger partial charge >= 0.3 is 0 Å². The summed E-state index contributed by atoms with van der Waals surface area (Å²) in [5.74, 6) is -3.66. The summed E-state index contributed by atoms with van der Waals surface area (Å²) in [5.41, 5.74) is 7.83. The van der Waals surface area contributed by atoms with Crippen LogP contribution in [0.2, 0.25) is 0 Å². The summed E-state index contributed by atoms with van der Waals surface area (Å²) in [6.45, 7) is 0. The number of nitrogen functional groups attached to an aromatic ring is 1. The van der Waals surface area contributed by atoms with E-state index in [1.165, 1.54) is 29.0 Å². The number of anilines is 1. The summed E-state index contributed by atoms with van der Waals surface area (Å²) in [4.78, 5) is 13.3. The summed E-state index contributed by atoms with van der Waals surface area (Å²) >= 11 is 0. The van der Waals surface area contributed by atoms with Gasteiger partial charge in [-0.25, -0.2) is 41.1 Å². The third-order valence-corrected chi connectivity index (χ3v) is 6.66. The molecule has 182 valence electrons. The van der Waals surface area contributed by atoms with Crippen molar-refractivity contribution in [2.45, 2.75) is 11.3 Å². The Bertz CT molecular complexity index is 1750. The van der Waals surface area contributed by atoms with E-state index in [1.807, 2.05) is 0 Å². The van der Waals surface area contributed by atoms with E-state index in [-0.39, 0.29) is 34.3 Å². The van der Waals surface area contributed by atoms with E-state index < -0.39 is 27.3 Å². The number of imidazole rings is 1. The molecule has 0 amide bonds. The molecule has 2 N–H and O–H groups in total. The molecule has 5 rings (SSSR count). The molecular weight excluding hydrogens is 493 g/mol.